The van der Waals surface area contributed by atoms with Crippen LogP contribution >= 0.6 is 23.8 Å². The minimum Gasteiger partial charge on any atom is -0.358 e. The number of fused-ring (bicyclic) bond motifs is 1. The van der Waals surface area contributed by atoms with E-state index >= 15 is 0 Å². The standard InChI is InChI=1S/C25H27ClN6S/c26-21-10-8-18(9-11-21)15-27-25(33)30-24-28-22(31-12-4-1-5-13-31)14-23(29-24)32-16-19-6-2-3-7-20(19)17-32/h2-3,6-11,14H,1,4-5,12-13,15-17H2,(H2,27,28,29,30,33). The van der Waals surface area contributed by atoms with Crippen LogP contribution in [-0.2, 0) is 19.6 Å². The summed E-state index contributed by atoms with van der Waals surface area (Å²) >= 11 is 11.5. The molecule has 3 heterocycles. The molecule has 2 aromatic carbocycles. The Hall–Kier alpha value is -2.90. The van der Waals surface area contributed by atoms with Crippen LogP contribution in [0.25, 0.3) is 0 Å². The van der Waals surface area contributed by atoms with Crippen molar-refractivity contribution < 1.29 is 0 Å². The second kappa shape index (κ2) is 9.93. The van der Waals surface area contributed by atoms with Crippen molar-refractivity contribution >= 4 is 46.5 Å². The summed E-state index contributed by atoms with van der Waals surface area (Å²) in [6.45, 7) is 4.35. The van der Waals surface area contributed by atoms with Gasteiger partial charge in [-0.2, -0.15) is 9.97 Å². The van der Waals surface area contributed by atoms with E-state index in [0.717, 1.165) is 48.4 Å². The molecule has 6 nitrogen and oxygen atoms in total. The SMILES string of the molecule is S=C(NCc1ccc(Cl)cc1)Nc1nc(N2CCCCC2)cc(N2Cc3ccccc3C2)n1. The quantitative estimate of drug-likeness (QED) is 0.493. The number of thiocarbonyl (C=S) groups is 1. The lowest BCUT2D eigenvalue weighted by Gasteiger charge is -2.29. The smallest absolute Gasteiger partial charge is 0.232 e. The molecule has 8 heteroatoms. The van der Waals surface area contributed by atoms with Crippen LogP contribution in [0.4, 0.5) is 17.6 Å². The largest absolute Gasteiger partial charge is 0.358 e. The van der Waals surface area contributed by atoms with Gasteiger partial charge in [0.05, 0.1) is 0 Å². The highest BCUT2D eigenvalue weighted by molar-refractivity contribution is 7.80. The highest BCUT2D eigenvalue weighted by atomic mass is 35.5. The number of piperidine rings is 1. The summed E-state index contributed by atoms with van der Waals surface area (Å²) in [6, 6.07) is 18.4. The zero-order valence-corrected chi connectivity index (χ0v) is 20.0. The van der Waals surface area contributed by atoms with Crippen molar-refractivity contribution in [3.05, 3.63) is 76.3 Å². The van der Waals surface area contributed by atoms with Gasteiger partial charge in [-0.3, -0.25) is 0 Å². The number of rotatable bonds is 5. The van der Waals surface area contributed by atoms with E-state index in [0.29, 0.717) is 17.6 Å². The zero-order chi connectivity index (χ0) is 22.6. The summed E-state index contributed by atoms with van der Waals surface area (Å²) in [5.74, 6) is 2.40. The number of benzene rings is 2. The molecule has 0 bridgehead atoms. The molecule has 0 saturated carbocycles. The average Bonchev–Trinajstić information content (AvgIpc) is 3.29. The summed E-state index contributed by atoms with van der Waals surface area (Å²) in [7, 11) is 0. The van der Waals surface area contributed by atoms with E-state index in [1.165, 1.54) is 30.4 Å². The molecule has 0 atom stereocenters. The van der Waals surface area contributed by atoms with Crippen LogP contribution in [0.5, 0.6) is 0 Å². The Morgan fingerprint density at radius 3 is 2.18 bits per heavy atom. The number of nitrogens with zero attached hydrogens (tertiary/aromatic N) is 4. The Morgan fingerprint density at radius 2 is 1.52 bits per heavy atom. The maximum absolute atomic E-state index is 5.98. The molecule has 0 aliphatic carbocycles. The van der Waals surface area contributed by atoms with E-state index < -0.39 is 0 Å². The van der Waals surface area contributed by atoms with Crippen LogP contribution < -0.4 is 20.4 Å². The molecular weight excluding hydrogens is 452 g/mol. The van der Waals surface area contributed by atoms with Crippen molar-refractivity contribution in [2.75, 3.05) is 28.2 Å². The molecule has 1 fully saturated rings. The first-order chi connectivity index (χ1) is 16.1. The first kappa shape index (κ1) is 21.9. The third-order valence-corrected chi connectivity index (χ3v) is 6.63. The highest BCUT2D eigenvalue weighted by Gasteiger charge is 2.22. The van der Waals surface area contributed by atoms with Crippen LogP contribution in [0.2, 0.25) is 5.02 Å². The van der Waals surface area contributed by atoms with Gasteiger partial charge in [0.15, 0.2) is 5.11 Å². The van der Waals surface area contributed by atoms with E-state index in [-0.39, 0.29) is 0 Å². The maximum Gasteiger partial charge on any atom is 0.232 e. The van der Waals surface area contributed by atoms with Crippen LogP contribution in [0, 0.1) is 0 Å². The molecular formula is C25H27ClN6S. The molecule has 2 aliphatic rings. The van der Waals surface area contributed by atoms with Gasteiger partial charge >= 0.3 is 0 Å². The van der Waals surface area contributed by atoms with Crippen LogP contribution in [0.15, 0.2) is 54.6 Å². The fourth-order valence-corrected chi connectivity index (χ4v) is 4.64. The summed E-state index contributed by atoms with van der Waals surface area (Å²) in [6.07, 6.45) is 3.66. The molecule has 170 valence electrons. The van der Waals surface area contributed by atoms with Crippen LogP contribution in [-0.4, -0.2) is 28.2 Å². The molecule has 2 N–H and O–H groups in total. The van der Waals surface area contributed by atoms with Gasteiger partial charge in [-0.1, -0.05) is 48.0 Å². The second-order valence-corrected chi connectivity index (χ2v) is 9.36. The predicted octanol–water partition coefficient (Wildman–Crippen LogP) is 5.13. The van der Waals surface area contributed by atoms with Crippen molar-refractivity contribution in [3.8, 4) is 0 Å². The maximum atomic E-state index is 5.98. The molecule has 2 aliphatic heterocycles. The van der Waals surface area contributed by atoms with E-state index in [2.05, 4.69) is 50.8 Å². The minimum atomic E-state index is 0.497. The lowest BCUT2D eigenvalue weighted by Crippen LogP contribution is -2.32. The fourth-order valence-electron chi connectivity index (χ4n) is 4.35. The molecule has 0 unspecified atom stereocenters. The molecule has 0 amide bonds. The normalized spacial score (nSPS) is 15.3. The Kier molecular flexibility index (Phi) is 6.60. The van der Waals surface area contributed by atoms with E-state index in [9.17, 15) is 0 Å². The average molecular weight is 479 g/mol. The molecule has 1 aromatic heterocycles. The van der Waals surface area contributed by atoms with Crippen molar-refractivity contribution in [3.63, 3.8) is 0 Å². The number of hydrogen-bond acceptors (Lipinski definition) is 5. The van der Waals surface area contributed by atoms with Gasteiger partial charge in [0, 0.05) is 43.8 Å². The van der Waals surface area contributed by atoms with E-state index in [1.807, 2.05) is 24.3 Å². The topological polar surface area (TPSA) is 56.3 Å². The van der Waals surface area contributed by atoms with Crippen molar-refractivity contribution in [1.82, 2.24) is 15.3 Å². The summed E-state index contributed by atoms with van der Waals surface area (Å²) in [5.41, 5.74) is 3.80. The van der Waals surface area contributed by atoms with Crippen molar-refractivity contribution in [2.45, 2.75) is 38.9 Å². The first-order valence-electron chi connectivity index (χ1n) is 11.4. The zero-order valence-electron chi connectivity index (χ0n) is 18.4. The van der Waals surface area contributed by atoms with Crippen LogP contribution in [0.1, 0.15) is 36.0 Å². The Balaban J connectivity index is 1.33. The van der Waals surface area contributed by atoms with Crippen molar-refractivity contribution in [1.29, 1.82) is 0 Å². The van der Waals surface area contributed by atoms with Gasteiger partial charge in [-0.05, 0) is 60.3 Å². The molecule has 3 aromatic rings. The monoisotopic (exact) mass is 478 g/mol. The van der Waals surface area contributed by atoms with E-state index in [1.54, 1.807) is 0 Å². The number of aromatic nitrogens is 2. The number of nitrogens with one attached hydrogen (secondary N) is 2. The fraction of sp³-hybridized carbons (Fsp3) is 0.320. The van der Waals surface area contributed by atoms with Gasteiger partial charge in [0.25, 0.3) is 0 Å². The lowest BCUT2D eigenvalue weighted by atomic mass is 10.1. The molecule has 33 heavy (non-hydrogen) atoms. The van der Waals surface area contributed by atoms with Gasteiger partial charge in [-0.15, -0.1) is 0 Å². The highest BCUT2D eigenvalue weighted by Crippen LogP contribution is 2.30. The third kappa shape index (κ3) is 5.37. The van der Waals surface area contributed by atoms with Gasteiger partial charge < -0.3 is 20.4 Å². The van der Waals surface area contributed by atoms with E-state index in [4.69, 9.17) is 33.8 Å². The Morgan fingerprint density at radius 1 is 0.879 bits per heavy atom. The van der Waals surface area contributed by atoms with Gasteiger partial charge in [0.1, 0.15) is 11.6 Å². The second-order valence-electron chi connectivity index (χ2n) is 8.51. The third-order valence-electron chi connectivity index (χ3n) is 6.14. The summed E-state index contributed by atoms with van der Waals surface area (Å²) < 4.78 is 0. The summed E-state index contributed by atoms with van der Waals surface area (Å²) in [4.78, 5) is 14.3. The molecule has 5 rings (SSSR count). The summed E-state index contributed by atoms with van der Waals surface area (Å²) in [5, 5.41) is 7.66. The number of hydrogen-bond donors (Lipinski definition) is 2. The van der Waals surface area contributed by atoms with Gasteiger partial charge in [0.2, 0.25) is 5.95 Å². The van der Waals surface area contributed by atoms with Crippen molar-refractivity contribution in [2.24, 2.45) is 0 Å². The minimum absolute atomic E-state index is 0.497. The Bertz CT molecular complexity index is 1100. The lowest BCUT2D eigenvalue weighted by molar-refractivity contribution is 0.573. The molecule has 1 saturated heterocycles. The Labute approximate surface area is 205 Å². The molecule has 0 radical (unpaired) electrons. The van der Waals surface area contributed by atoms with Crippen LogP contribution in [0.3, 0.4) is 0 Å². The predicted molar refractivity (Wildman–Crippen MR) is 139 cm³/mol. The number of anilines is 3. The number of halogens is 1. The molecule has 0 spiro atoms. The van der Waals surface area contributed by atoms with Gasteiger partial charge in [-0.25, -0.2) is 0 Å². The first-order valence-corrected chi connectivity index (χ1v) is 12.2.